The maximum Gasteiger partial charge on any atom is 0.483 e. The van der Waals surface area contributed by atoms with Gasteiger partial charge in [-0.3, -0.25) is 0 Å². The molecule has 0 bridgehead atoms. The first-order valence-corrected chi connectivity index (χ1v) is 18.0. The van der Waals surface area contributed by atoms with E-state index >= 15 is 0 Å². The van der Waals surface area contributed by atoms with E-state index in [0.717, 1.165) is 0 Å². The van der Waals surface area contributed by atoms with Crippen molar-refractivity contribution in [2.45, 2.75) is 121 Å². The topological polar surface area (TPSA) is 44.8 Å². The summed E-state index contributed by atoms with van der Waals surface area (Å²) in [5, 5.41) is 0. The number of halogens is 44. The van der Waals surface area contributed by atoms with E-state index in [0.29, 0.717) is 0 Å². The Hall–Kier alpha value is -0.810. The third-order valence-corrected chi connectivity index (χ3v) is 11.5. The van der Waals surface area contributed by atoms with Crippen LogP contribution in [0, 0.1) is 0 Å². The van der Waals surface area contributed by atoms with Crippen molar-refractivity contribution < 1.29 is 185 Å². The third-order valence-electron chi connectivity index (χ3n) is 7.47. The molecule has 4 nitrogen and oxygen atoms in total. The summed E-state index contributed by atoms with van der Waals surface area (Å²) in [5.41, 5.74) is 0. The molecule has 49 heteroatoms. The first-order valence-electron chi connectivity index (χ1n) is 14.3. The monoisotopic (exact) mass is 1280 g/mol. The Morgan fingerprint density at radius 2 is 0.429 bits per heavy atom. The molecule has 0 aromatic heterocycles. The number of phosphoric ester groups is 1. The highest BCUT2D eigenvalue weighted by atomic mass is 35.5. The molecule has 0 rings (SSSR count). The molecule has 0 spiro atoms. The minimum atomic E-state index is -9.94. The van der Waals surface area contributed by atoms with Gasteiger partial charge in [0.25, 0.3) is 13.6 Å². The normalized spacial score (nSPS) is 17.6. The van der Waals surface area contributed by atoms with Crippen LogP contribution >= 0.6 is 77.4 Å². The third kappa shape index (κ3) is 9.81. The molecule has 0 aliphatic carbocycles. The first kappa shape index (κ1) is 69.2. The molecular formula is C21HCl6F38O4P. The van der Waals surface area contributed by atoms with Crippen molar-refractivity contribution in [2.24, 2.45) is 0 Å². The van der Waals surface area contributed by atoms with Gasteiger partial charge in [0.05, 0.1) is 0 Å². The zero-order chi connectivity index (χ0) is 58.2. The highest BCUT2D eigenvalue weighted by molar-refractivity contribution is 7.49. The minimum absolute atomic E-state index is 2.20. The zero-order valence-corrected chi connectivity index (χ0v) is 34.7. The van der Waals surface area contributed by atoms with Crippen molar-refractivity contribution in [3.63, 3.8) is 0 Å². The van der Waals surface area contributed by atoms with Crippen LogP contribution in [-0.4, -0.2) is 121 Å². The van der Waals surface area contributed by atoms with Crippen LogP contribution in [0.15, 0.2) is 0 Å². The van der Waals surface area contributed by atoms with E-state index in [9.17, 15) is 171 Å². The van der Waals surface area contributed by atoms with E-state index in [1.165, 1.54) is 0 Å². The predicted molar refractivity (Wildman–Crippen MR) is 146 cm³/mol. The van der Waals surface area contributed by atoms with Crippen LogP contribution in [-0.2, 0) is 18.1 Å². The second-order valence-corrected chi connectivity index (χ2v) is 17.5. The summed E-state index contributed by atoms with van der Waals surface area (Å²) in [4.78, 5) is 0. The first-order chi connectivity index (χ1) is 29.3. The summed E-state index contributed by atoms with van der Waals surface area (Å²) in [6, 6.07) is 0. The van der Waals surface area contributed by atoms with E-state index in [1.54, 1.807) is 0 Å². The van der Waals surface area contributed by atoms with Gasteiger partial charge in [0.2, 0.25) is 6.17 Å². The average Bonchev–Trinajstić information content (AvgIpc) is 3.07. The Balaban J connectivity index is 8.66. The molecule has 0 heterocycles. The quantitative estimate of drug-likeness (QED) is 0.0653. The molecule has 0 aliphatic heterocycles. The van der Waals surface area contributed by atoms with Crippen LogP contribution in [0.5, 0.6) is 0 Å². The second kappa shape index (κ2) is 17.9. The number of phosphoric acid groups is 1. The molecule has 0 aromatic rings. The number of hydrogen-bond acceptors (Lipinski definition) is 4. The van der Waals surface area contributed by atoms with Crippen LogP contribution < -0.4 is 0 Å². The lowest BCUT2D eigenvalue weighted by atomic mass is 9.94. The second-order valence-electron chi connectivity index (χ2n) is 12.3. The molecule has 0 aromatic carbocycles. The molecule has 0 saturated heterocycles. The Bertz CT molecular complexity index is 1850. The summed E-state index contributed by atoms with van der Waals surface area (Å²) >= 11 is 24.3. The number of alkyl halides is 44. The summed E-state index contributed by atoms with van der Waals surface area (Å²) in [5.74, 6) is -126. The van der Waals surface area contributed by atoms with E-state index < -0.39 is 129 Å². The van der Waals surface area contributed by atoms with Gasteiger partial charge in [-0.2, -0.15) is 162 Å². The molecule has 1 atom stereocenters. The van der Waals surface area contributed by atoms with Gasteiger partial charge < -0.3 is 0 Å². The maximum atomic E-state index is 14.9. The Kier molecular flexibility index (Phi) is 17.7. The lowest BCUT2D eigenvalue weighted by Gasteiger charge is -2.45. The summed E-state index contributed by atoms with van der Waals surface area (Å²) in [6.45, 7) is 0. The van der Waals surface area contributed by atoms with E-state index in [4.69, 9.17) is 0 Å². The van der Waals surface area contributed by atoms with E-state index in [-0.39, 0.29) is 0 Å². The molecule has 422 valence electrons. The summed E-state index contributed by atoms with van der Waals surface area (Å²) in [7, 11) is -9.94. The van der Waals surface area contributed by atoms with Gasteiger partial charge in [-0.05, 0) is 0 Å². The van der Waals surface area contributed by atoms with Crippen molar-refractivity contribution in [1.29, 1.82) is 0 Å². The Morgan fingerprint density at radius 3 is 0.614 bits per heavy atom. The van der Waals surface area contributed by atoms with E-state index in [1.807, 2.05) is 0 Å². The molecule has 0 saturated carbocycles. The standard InChI is InChI=1S/C21HCl6F38O4P/c22-16(23,11(47,48)4(33,34)2(29,30)1(28)3(31,32)19(57,58)59)67-70(66,68-17(24,25)12(49,50)7(39,40)5(35,36)9(43,44)14(53,54)20(60,61)62)69-18(26,27)13(51,52)8(41,42)6(37,38)10(45,46)15(55,56)21(63,64)65/h1H. The number of hydrogen-bond donors (Lipinski definition) is 0. The predicted octanol–water partition coefficient (Wildman–Crippen LogP) is 16.5. The highest BCUT2D eigenvalue weighted by Gasteiger charge is 2.96. The fourth-order valence-electron chi connectivity index (χ4n) is 3.48. The van der Waals surface area contributed by atoms with Gasteiger partial charge in [0.15, 0.2) is 0 Å². The molecule has 0 fully saturated rings. The van der Waals surface area contributed by atoms with Crippen molar-refractivity contribution in [1.82, 2.24) is 0 Å². The largest absolute Gasteiger partial charge is 0.483 e. The van der Waals surface area contributed by atoms with Crippen molar-refractivity contribution in [3.8, 4) is 0 Å². The molecular weight excluding hydrogens is 1280 g/mol. The minimum Gasteiger partial charge on any atom is -0.242 e. The SMILES string of the molecule is O=P(OC(Cl)(Cl)C(F)(F)C(F)(F)C(F)(F)C(F)C(F)(F)C(F)(F)F)(OC(Cl)(Cl)C(F)(F)C(F)(F)C(F)(F)C(F)(F)C(F)(F)C(F)(F)F)OC(Cl)(Cl)C(F)(F)C(F)(F)C(F)(F)C(F)(F)C(F)(F)C(F)(F)F. The molecule has 1 unspecified atom stereocenters. The van der Waals surface area contributed by atoms with Crippen LogP contribution in [0.1, 0.15) is 0 Å². The van der Waals surface area contributed by atoms with Crippen LogP contribution in [0.4, 0.5) is 167 Å². The molecule has 70 heavy (non-hydrogen) atoms. The highest BCUT2D eigenvalue weighted by Crippen LogP contribution is 2.73. The van der Waals surface area contributed by atoms with Gasteiger partial charge in [-0.1, -0.05) is 69.6 Å². The molecule has 0 amide bonds. The van der Waals surface area contributed by atoms with Crippen molar-refractivity contribution in [2.75, 3.05) is 0 Å². The molecule has 0 aliphatic rings. The smallest absolute Gasteiger partial charge is 0.242 e. The summed E-state index contributed by atoms with van der Waals surface area (Å²) < 4.78 is 517. The van der Waals surface area contributed by atoms with Gasteiger partial charge in [-0.15, -0.1) is 0 Å². The summed E-state index contributed by atoms with van der Waals surface area (Å²) in [6.07, 6.45) is -32.0. The van der Waals surface area contributed by atoms with Gasteiger partial charge in [-0.25, -0.2) is 22.5 Å². The molecule has 0 radical (unpaired) electrons. The number of rotatable bonds is 21. The fraction of sp³-hybridized carbons (Fsp3) is 1.00. The van der Waals surface area contributed by atoms with Crippen LogP contribution in [0.25, 0.3) is 0 Å². The average molecular weight is 1280 g/mol. The maximum absolute atomic E-state index is 14.9. The Labute approximate surface area is 383 Å². The van der Waals surface area contributed by atoms with Crippen molar-refractivity contribution >= 4 is 77.4 Å². The van der Waals surface area contributed by atoms with E-state index in [2.05, 4.69) is 83.2 Å². The Morgan fingerprint density at radius 1 is 0.257 bits per heavy atom. The molecule has 0 N–H and O–H groups in total. The fourth-order valence-corrected chi connectivity index (χ4v) is 7.01. The van der Waals surface area contributed by atoms with Crippen LogP contribution in [0.3, 0.4) is 0 Å². The van der Waals surface area contributed by atoms with Crippen molar-refractivity contribution in [3.05, 3.63) is 0 Å². The van der Waals surface area contributed by atoms with Gasteiger partial charge in [0.1, 0.15) is 0 Å². The van der Waals surface area contributed by atoms with Gasteiger partial charge in [0, 0.05) is 0 Å². The lowest BCUT2D eigenvalue weighted by molar-refractivity contribution is -0.444. The van der Waals surface area contributed by atoms with Gasteiger partial charge >= 0.3 is 109 Å². The zero-order valence-electron chi connectivity index (χ0n) is 29.3. The van der Waals surface area contributed by atoms with Crippen LogP contribution in [0.2, 0.25) is 0 Å². The lowest BCUT2D eigenvalue weighted by Crippen LogP contribution is -2.72.